The number of carboxylic acid groups (broad SMARTS) is 1. The van der Waals surface area contributed by atoms with Crippen molar-refractivity contribution in [3.63, 3.8) is 0 Å². The summed E-state index contributed by atoms with van der Waals surface area (Å²) in [6.07, 6.45) is 0.123. The summed E-state index contributed by atoms with van der Waals surface area (Å²) >= 11 is 9.14. The third-order valence-corrected chi connectivity index (χ3v) is 3.85. The summed E-state index contributed by atoms with van der Waals surface area (Å²) in [7, 11) is 0. The average Bonchev–Trinajstić information content (AvgIpc) is 2.43. The number of nitrogens with one attached hydrogen (secondary N) is 1. The van der Waals surface area contributed by atoms with Gasteiger partial charge in [-0.2, -0.15) is 0 Å². The van der Waals surface area contributed by atoms with Crippen molar-refractivity contribution in [2.45, 2.75) is 6.42 Å². The van der Waals surface area contributed by atoms with Crippen molar-refractivity contribution in [1.82, 2.24) is 0 Å². The number of carbonyl (C=O) groups is 2. The van der Waals surface area contributed by atoms with E-state index in [1.54, 1.807) is 36.4 Å². The zero-order valence-corrected chi connectivity index (χ0v) is 13.1. The molecule has 2 aromatic carbocycles. The van der Waals surface area contributed by atoms with Crippen LogP contribution >= 0.6 is 27.5 Å². The predicted molar refractivity (Wildman–Crippen MR) is 84.9 cm³/mol. The molecule has 4 nitrogen and oxygen atoms in total. The van der Waals surface area contributed by atoms with E-state index in [4.69, 9.17) is 16.7 Å². The lowest BCUT2D eigenvalue weighted by Crippen LogP contribution is -2.15. The first-order valence-corrected chi connectivity index (χ1v) is 7.20. The van der Waals surface area contributed by atoms with E-state index in [1.165, 1.54) is 6.07 Å². The van der Waals surface area contributed by atoms with E-state index in [-0.39, 0.29) is 17.9 Å². The zero-order chi connectivity index (χ0) is 15.4. The Balaban J connectivity index is 2.12. The Labute approximate surface area is 134 Å². The van der Waals surface area contributed by atoms with Gasteiger partial charge in [-0.25, -0.2) is 4.79 Å². The quantitative estimate of drug-likeness (QED) is 0.858. The van der Waals surface area contributed by atoms with Gasteiger partial charge in [0.2, 0.25) is 5.91 Å². The molecule has 0 heterocycles. The van der Waals surface area contributed by atoms with Gasteiger partial charge >= 0.3 is 5.97 Å². The van der Waals surface area contributed by atoms with Crippen LogP contribution in [0, 0.1) is 0 Å². The van der Waals surface area contributed by atoms with Gasteiger partial charge in [-0.05, 0) is 45.8 Å². The average molecular weight is 369 g/mol. The van der Waals surface area contributed by atoms with Crippen LogP contribution in [-0.2, 0) is 11.2 Å². The van der Waals surface area contributed by atoms with Gasteiger partial charge in [0.1, 0.15) is 0 Å². The van der Waals surface area contributed by atoms with Gasteiger partial charge in [0.25, 0.3) is 0 Å². The fourth-order valence-electron chi connectivity index (χ4n) is 1.79. The second kappa shape index (κ2) is 6.74. The van der Waals surface area contributed by atoms with E-state index in [0.29, 0.717) is 20.7 Å². The summed E-state index contributed by atoms with van der Waals surface area (Å²) in [6, 6.07) is 11.7. The molecule has 0 aromatic heterocycles. The van der Waals surface area contributed by atoms with Crippen LogP contribution in [0.5, 0.6) is 0 Å². The first-order chi connectivity index (χ1) is 9.97. The second-order valence-corrected chi connectivity index (χ2v) is 5.58. The van der Waals surface area contributed by atoms with Crippen LogP contribution in [0.3, 0.4) is 0 Å². The lowest BCUT2D eigenvalue weighted by atomic mass is 10.1. The molecule has 0 aliphatic heterocycles. The first kappa shape index (κ1) is 15.5. The molecule has 0 saturated carbocycles. The fraction of sp³-hybridized carbons (Fsp3) is 0.0667. The minimum Gasteiger partial charge on any atom is -0.478 e. The van der Waals surface area contributed by atoms with Gasteiger partial charge in [-0.1, -0.05) is 29.8 Å². The highest BCUT2D eigenvalue weighted by atomic mass is 79.9. The summed E-state index contributed by atoms with van der Waals surface area (Å²) in [4.78, 5) is 23.0. The zero-order valence-electron chi connectivity index (χ0n) is 10.8. The monoisotopic (exact) mass is 367 g/mol. The van der Waals surface area contributed by atoms with Crippen LogP contribution in [0.15, 0.2) is 46.9 Å². The molecule has 0 atom stereocenters. The summed E-state index contributed by atoms with van der Waals surface area (Å²) < 4.78 is 0.458. The Morgan fingerprint density at radius 2 is 1.90 bits per heavy atom. The van der Waals surface area contributed by atoms with Crippen molar-refractivity contribution in [2.75, 3.05) is 5.32 Å². The van der Waals surface area contributed by atoms with E-state index in [0.717, 1.165) is 0 Å². The summed E-state index contributed by atoms with van der Waals surface area (Å²) in [6.45, 7) is 0. The van der Waals surface area contributed by atoms with E-state index in [1.807, 2.05) is 0 Å². The highest BCUT2D eigenvalue weighted by Crippen LogP contribution is 2.22. The van der Waals surface area contributed by atoms with Crippen LogP contribution in [0.25, 0.3) is 0 Å². The van der Waals surface area contributed by atoms with E-state index < -0.39 is 5.97 Å². The fourth-order valence-corrected chi connectivity index (χ4v) is 2.41. The smallest absolute Gasteiger partial charge is 0.336 e. The van der Waals surface area contributed by atoms with Gasteiger partial charge in [-0.3, -0.25) is 4.79 Å². The number of hydrogen-bond donors (Lipinski definition) is 2. The van der Waals surface area contributed by atoms with Gasteiger partial charge in [0.15, 0.2) is 0 Å². The standard InChI is InChI=1S/C15H11BrClNO3/c16-12-6-5-10(8-11(12)15(20)21)18-14(19)7-9-3-1-2-4-13(9)17/h1-6,8H,7H2,(H,18,19)(H,20,21). The number of aromatic carboxylic acids is 1. The van der Waals surface area contributed by atoms with Crippen LogP contribution in [0.2, 0.25) is 5.02 Å². The number of rotatable bonds is 4. The van der Waals surface area contributed by atoms with Crippen molar-refractivity contribution >= 4 is 45.1 Å². The van der Waals surface area contributed by atoms with Crippen LogP contribution in [-0.4, -0.2) is 17.0 Å². The number of amides is 1. The molecule has 0 saturated heterocycles. The number of carbonyl (C=O) groups excluding carboxylic acids is 1. The molecule has 0 aliphatic carbocycles. The maximum absolute atomic E-state index is 12.0. The largest absolute Gasteiger partial charge is 0.478 e. The summed E-state index contributed by atoms with van der Waals surface area (Å²) in [5.74, 6) is -1.33. The minimum absolute atomic E-state index is 0.0885. The van der Waals surface area contributed by atoms with Gasteiger partial charge in [0, 0.05) is 15.2 Å². The molecule has 2 rings (SSSR count). The summed E-state index contributed by atoms with van der Waals surface area (Å²) in [5, 5.41) is 12.2. The van der Waals surface area contributed by atoms with Gasteiger partial charge in [-0.15, -0.1) is 0 Å². The molecule has 2 aromatic rings. The number of anilines is 1. The van der Waals surface area contributed by atoms with Crippen molar-refractivity contribution in [2.24, 2.45) is 0 Å². The first-order valence-electron chi connectivity index (χ1n) is 6.03. The predicted octanol–water partition coefficient (Wildman–Crippen LogP) is 3.98. The van der Waals surface area contributed by atoms with Crippen molar-refractivity contribution in [3.8, 4) is 0 Å². The second-order valence-electron chi connectivity index (χ2n) is 4.32. The molecule has 0 bridgehead atoms. The maximum atomic E-state index is 12.0. The number of halogens is 2. The Hall–Kier alpha value is -1.85. The lowest BCUT2D eigenvalue weighted by molar-refractivity contribution is -0.115. The molecular formula is C15H11BrClNO3. The van der Waals surface area contributed by atoms with Crippen molar-refractivity contribution < 1.29 is 14.7 Å². The molecule has 108 valence electrons. The molecule has 2 N–H and O–H groups in total. The molecule has 1 amide bonds. The van der Waals surface area contributed by atoms with Crippen LogP contribution < -0.4 is 5.32 Å². The molecule has 0 fully saturated rings. The third kappa shape index (κ3) is 4.06. The Morgan fingerprint density at radius 1 is 1.19 bits per heavy atom. The number of carboxylic acids is 1. The molecule has 21 heavy (non-hydrogen) atoms. The third-order valence-electron chi connectivity index (χ3n) is 2.79. The molecule has 0 spiro atoms. The van der Waals surface area contributed by atoms with Crippen LogP contribution in [0.1, 0.15) is 15.9 Å². The van der Waals surface area contributed by atoms with Crippen LogP contribution in [0.4, 0.5) is 5.69 Å². The van der Waals surface area contributed by atoms with E-state index in [9.17, 15) is 9.59 Å². The lowest BCUT2D eigenvalue weighted by Gasteiger charge is -2.08. The van der Waals surface area contributed by atoms with E-state index in [2.05, 4.69) is 21.2 Å². The molecule has 6 heteroatoms. The van der Waals surface area contributed by atoms with E-state index >= 15 is 0 Å². The topological polar surface area (TPSA) is 66.4 Å². The van der Waals surface area contributed by atoms with Gasteiger partial charge in [0.05, 0.1) is 12.0 Å². The number of hydrogen-bond acceptors (Lipinski definition) is 2. The molecule has 0 unspecified atom stereocenters. The normalized spacial score (nSPS) is 10.2. The Kier molecular flexibility index (Phi) is 4.98. The molecule has 0 aliphatic rings. The van der Waals surface area contributed by atoms with Gasteiger partial charge < -0.3 is 10.4 Å². The molecular weight excluding hydrogens is 358 g/mol. The summed E-state index contributed by atoms with van der Waals surface area (Å²) in [5.41, 5.74) is 1.23. The Morgan fingerprint density at radius 3 is 2.57 bits per heavy atom. The SMILES string of the molecule is O=C(Cc1ccccc1Cl)Nc1ccc(Br)c(C(=O)O)c1. The maximum Gasteiger partial charge on any atom is 0.336 e. The minimum atomic E-state index is -1.07. The van der Waals surface area contributed by atoms with Crippen molar-refractivity contribution in [3.05, 3.63) is 63.1 Å². The Bertz CT molecular complexity index is 703. The van der Waals surface area contributed by atoms with Crippen molar-refractivity contribution in [1.29, 1.82) is 0 Å². The molecule has 0 radical (unpaired) electrons. The highest BCUT2D eigenvalue weighted by molar-refractivity contribution is 9.10. The highest BCUT2D eigenvalue weighted by Gasteiger charge is 2.11. The number of benzene rings is 2.